The minimum atomic E-state index is -0.194. The van der Waals surface area contributed by atoms with Gasteiger partial charge in [0.2, 0.25) is 0 Å². The van der Waals surface area contributed by atoms with Crippen LogP contribution in [-0.2, 0) is 6.42 Å². The third kappa shape index (κ3) is 6.44. The summed E-state index contributed by atoms with van der Waals surface area (Å²) in [6.45, 7) is 5.57. The number of rotatable bonds is 10. The molecule has 0 aliphatic rings. The molecule has 2 aromatic rings. The fourth-order valence-corrected chi connectivity index (χ4v) is 2.47. The number of nitrogens with zero attached hydrogens (tertiary/aromatic N) is 2. The van der Waals surface area contributed by atoms with Crippen LogP contribution in [0.3, 0.4) is 0 Å². The van der Waals surface area contributed by atoms with E-state index >= 15 is 0 Å². The first kappa shape index (κ1) is 20.5. The second-order valence-electron chi connectivity index (χ2n) is 6.59. The molecular weight excluding hydrogens is 344 g/mol. The van der Waals surface area contributed by atoms with E-state index in [1.807, 2.05) is 18.2 Å². The second kappa shape index (κ2) is 10.4. The number of hydrogen-bond donors (Lipinski definition) is 2. The zero-order valence-corrected chi connectivity index (χ0v) is 16.4. The number of carbonyl (C=O) groups is 1. The summed E-state index contributed by atoms with van der Waals surface area (Å²) in [5, 5.41) is 6.06. The van der Waals surface area contributed by atoms with E-state index in [9.17, 15) is 4.79 Å². The molecule has 2 rings (SSSR count). The third-order valence-corrected chi connectivity index (χ3v) is 4.06. The quantitative estimate of drug-likeness (QED) is 0.667. The van der Waals surface area contributed by atoms with Gasteiger partial charge in [-0.15, -0.1) is 0 Å². The number of hydrogen-bond acceptors (Lipinski definition) is 6. The molecule has 0 saturated heterocycles. The van der Waals surface area contributed by atoms with Crippen molar-refractivity contribution in [1.82, 2.24) is 15.3 Å². The van der Waals surface area contributed by atoms with Crippen LogP contribution in [0.1, 0.15) is 36.3 Å². The predicted octanol–water partition coefficient (Wildman–Crippen LogP) is 2.92. The maximum Gasteiger partial charge on any atom is 0.271 e. The average molecular weight is 372 g/mol. The molecule has 1 amide bonds. The Morgan fingerprint density at radius 3 is 2.48 bits per heavy atom. The van der Waals surface area contributed by atoms with Crippen LogP contribution in [0, 0.1) is 5.92 Å². The van der Waals surface area contributed by atoms with Crippen LogP contribution < -0.4 is 20.1 Å². The average Bonchev–Trinajstić information content (AvgIpc) is 2.68. The number of anilines is 1. The van der Waals surface area contributed by atoms with Gasteiger partial charge in [-0.25, -0.2) is 9.97 Å². The lowest BCUT2D eigenvalue weighted by Gasteiger charge is -2.10. The van der Waals surface area contributed by atoms with Gasteiger partial charge in [0, 0.05) is 13.1 Å². The molecule has 0 unspecified atom stereocenters. The number of carbonyl (C=O) groups excluding carboxylic acids is 1. The number of nitrogens with one attached hydrogen (secondary N) is 2. The van der Waals surface area contributed by atoms with Crippen LogP contribution in [0.25, 0.3) is 0 Å². The molecule has 27 heavy (non-hydrogen) atoms. The van der Waals surface area contributed by atoms with Gasteiger partial charge in [-0.05, 0) is 36.5 Å². The summed E-state index contributed by atoms with van der Waals surface area (Å²) in [7, 11) is 3.24. The summed E-state index contributed by atoms with van der Waals surface area (Å²) >= 11 is 0. The van der Waals surface area contributed by atoms with Crippen LogP contribution in [0.4, 0.5) is 5.82 Å². The van der Waals surface area contributed by atoms with Gasteiger partial charge in [-0.3, -0.25) is 4.79 Å². The van der Waals surface area contributed by atoms with Gasteiger partial charge < -0.3 is 20.1 Å². The largest absolute Gasteiger partial charge is 0.493 e. The molecule has 0 saturated carbocycles. The van der Waals surface area contributed by atoms with E-state index in [1.54, 1.807) is 20.4 Å². The number of methoxy groups -OCH3 is 2. The van der Waals surface area contributed by atoms with E-state index in [4.69, 9.17) is 9.47 Å². The summed E-state index contributed by atoms with van der Waals surface area (Å²) < 4.78 is 10.6. The van der Waals surface area contributed by atoms with E-state index in [0.717, 1.165) is 18.4 Å². The summed E-state index contributed by atoms with van der Waals surface area (Å²) in [6.07, 6.45) is 4.80. The van der Waals surface area contributed by atoms with Gasteiger partial charge in [0.1, 0.15) is 11.5 Å². The van der Waals surface area contributed by atoms with E-state index in [-0.39, 0.29) is 5.91 Å². The van der Waals surface area contributed by atoms with Crippen molar-refractivity contribution in [3.05, 3.63) is 41.9 Å². The zero-order valence-electron chi connectivity index (χ0n) is 16.4. The Morgan fingerprint density at radius 1 is 1.07 bits per heavy atom. The maximum absolute atomic E-state index is 12.0. The Balaban J connectivity index is 1.82. The highest BCUT2D eigenvalue weighted by molar-refractivity contribution is 5.91. The van der Waals surface area contributed by atoms with Crippen LogP contribution in [0.15, 0.2) is 30.6 Å². The maximum atomic E-state index is 12.0. The Morgan fingerprint density at radius 2 is 1.85 bits per heavy atom. The number of amides is 1. The highest BCUT2D eigenvalue weighted by atomic mass is 16.5. The van der Waals surface area contributed by atoms with E-state index < -0.39 is 0 Å². The molecule has 0 aliphatic heterocycles. The fraction of sp³-hybridized carbons (Fsp3) is 0.450. The Kier molecular flexibility index (Phi) is 7.85. The van der Waals surface area contributed by atoms with Crippen molar-refractivity contribution in [3.63, 3.8) is 0 Å². The first-order valence-corrected chi connectivity index (χ1v) is 9.08. The van der Waals surface area contributed by atoms with Crippen LogP contribution in [-0.4, -0.2) is 43.2 Å². The molecule has 2 N–H and O–H groups in total. The van der Waals surface area contributed by atoms with Crippen LogP contribution >= 0.6 is 0 Å². The van der Waals surface area contributed by atoms with E-state index in [1.165, 1.54) is 6.20 Å². The number of benzene rings is 1. The normalized spacial score (nSPS) is 10.6. The Hall–Kier alpha value is -2.83. The molecular formula is C20H28N4O3. The molecule has 0 bridgehead atoms. The lowest BCUT2D eigenvalue weighted by Crippen LogP contribution is -2.26. The van der Waals surface area contributed by atoms with Crippen molar-refractivity contribution in [3.8, 4) is 11.5 Å². The number of ether oxygens (including phenoxy) is 2. The molecule has 7 heteroatoms. The van der Waals surface area contributed by atoms with Crippen molar-refractivity contribution >= 4 is 11.7 Å². The topological polar surface area (TPSA) is 85.4 Å². The lowest BCUT2D eigenvalue weighted by molar-refractivity contribution is 0.0946. The van der Waals surface area contributed by atoms with Crippen molar-refractivity contribution in [1.29, 1.82) is 0 Å². The molecule has 0 fully saturated rings. The standard InChI is InChI=1S/C20H28N4O3/c1-14(2)7-9-22-20(25)16-12-24-19(13-23-16)21-10-8-15-5-6-17(26-3)18(11-15)27-4/h5-6,11-14H,7-10H2,1-4H3,(H,21,24)(H,22,25). The fourth-order valence-electron chi connectivity index (χ4n) is 2.47. The summed E-state index contributed by atoms with van der Waals surface area (Å²) in [5.74, 6) is 2.41. The van der Waals surface area contributed by atoms with Gasteiger partial charge >= 0.3 is 0 Å². The van der Waals surface area contributed by atoms with Crippen molar-refractivity contribution in [2.75, 3.05) is 32.6 Å². The molecule has 0 radical (unpaired) electrons. The molecule has 0 spiro atoms. The first-order chi connectivity index (χ1) is 13.0. The summed E-state index contributed by atoms with van der Waals surface area (Å²) in [6, 6.07) is 5.84. The lowest BCUT2D eigenvalue weighted by atomic mass is 10.1. The highest BCUT2D eigenvalue weighted by Gasteiger charge is 2.08. The minimum Gasteiger partial charge on any atom is -0.493 e. The van der Waals surface area contributed by atoms with Gasteiger partial charge in [-0.2, -0.15) is 0 Å². The molecule has 0 aliphatic carbocycles. The molecule has 0 atom stereocenters. The first-order valence-electron chi connectivity index (χ1n) is 9.08. The Labute approximate surface area is 160 Å². The van der Waals surface area contributed by atoms with Gasteiger partial charge in [0.15, 0.2) is 11.5 Å². The van der Waals surface area contributed by atoms with Crippen molar-refractivity contribution in [2.24, 2.45) is 5.92 Å². The monoisotopic (exact) mass is 372 g/mol. The highest BCUT2D eigenvalue weighted by Crippen LogP contribution is 2.27. The van der Waals surface area contributed by atoms with Gasteiger partial charge in [0.05, 0.1) is 26.6 Å². The summed E-state index contributed by atoms with van der Waals surface area (Å²) in [5.41, 5.74) is 1.44. The van der Waals surface area contributed by atoms with Gasteiger partial charge in [-0.1, -0.05) is 19.9 Å². The number of aromatic nitrogens is 2. The summed E-state index contributed by atoms with van der Waals surface area (Å²) in [4.78, 5) is 20.4. The molecule has 1 aromatic carbocycles. The van der Waals surface area contributed by atoms with Crippen LogP contribution in [0.5, 0.6) is 11.5 Å². The minimum absolute atomic E-state index is 0.194. The Bertz CT molecular complexity index is 733. The van der Waals surface area contributed by atoms with Gasteiger partial charge in [0.25, 0.3) is 5.91 Å². The predicted molar refractivity (Wildman–Crippen MR) is 106 cm³/mol. The zero-order chi connectivity index (χ0) is 19.6. The molecule has 1 aromatic heterocycles. The molecule has 146 valence electrons. The molecule has 7 nitrogen and oxygen atoms in total. The van der Waals surface area contributed by atoms with Crippen LogP contribution in [0.2, 0.25) is 0 Å². The third-order valence-electron chi connectivity index (χ3n) is 4.06. The molecule has 1 heterocycles. The van der Waals surface area contributed by atoms with E-state index in [0.29, 0.717) is 42.0 Å². The van der Waals surface area contributed by atoms with E-state index in [2.05, 4.69) is 34.4 Å². The SMILES string of the molecule is COc1ccc(CCNc2cnc(C(=O)NCCC(C)C)cn2)cc1OC. The smallest absolute Gasteiger partial charge is 0.271 e. The van der Waals surface area contributed by atoms with Crippen molar-refractivity contribution in [2.45, 2.75) is 26.7 Å². The second-order valence-corrected chi connectivity index (χ2v) is 6.59. The van der Waals surface area contributed by atoms with Crippen molar-refractivity contribution < 1.29 is 14.3 Å².